The van der Waals surface area contributed by atoms with Gasteiger partial charge in [-0.3, -0.25) is 0 Å². The van der Waals surface area contributed by atoms with Gasteiger partial charge < -0.3 is 9.73 Å². The van der Waals surface area contributed by atoms with Crippen LogP contribution < -0.4 is 5.32 Å². The van der Waals surface area contributed by atoms with E-state index in [2.05, 4.69) is 5.32 Å². The van der Waals surface area contributed by atoms with Crippen LogP contribution in [-0.4, -0.2) is 0 Å². The van der Waals surface area contributed by atoms with Gasteiger partial charge in [0, 0.05) is 0 Å². The highest BCUT2D eigenvalue weighted by molar-refractivity contribution is 6.33. The Morgan fingerprint density at radius 1 is 1.33 bits per heavy atom. The normalized spacial score (nSPS) is 10.3. The van der Waals surface area contributed by atoms with Crippen molar-refractivity contribution in [2.45, 2.75) is 6.54 Å². The van der Waals surface area contributed by atoms with Crippen molar-refractivity contribution in [2.75, 3.05) is 5.32 Å². The van der Waals surface area contributed by atoms with E-state index in [0.717, 1.165) is 5.76 Å². The van der Waals surface area contributed by atoms with E-state index < -0.39 is 0 Å². The van der Waals surface area contributed by atoms with Gasteiger partial charge in [-0.2, -0.15) is 0 Å². The van der Waals surface area contributed by atoms with Crippen molar-refractivity contribution < 1.29 is 8.81 Å². The summed E-state index contributed by atoms with van der Waals surface area (Å²) in [6, 6.07) is 7.89. The molecule has 0 amide bonds. The van der Waals surface area contributed by atoms with E-state index in [9.17, 15) is 4.39 Å². The van der Waals surface area contributed by atoms with Gasteiger partial charge in [-0.25, -0.2) is 4.39 Å². The number of nitrogens with one attached hydrogen (secondary N) is 1. The maximum atomic E-state index is 12.7. The third-order valence-corrected chi connectivity index (χ3v) is 2.28. The van der Waals surface area contributed by atoms with E-state index in [1.807, 2.05) is 12.1 Å². The topological polar surface area (TPSA) is 25.2 Å². The quantitative estimate of drug-likeness (QED) is 0.862. The average molecular weight is 226 g/mol. The van der Waals surface area contributed by atoms with Gasteiger partial charge in [-0.15, -0.1) is 0 Å². The summed E-state index contributed by atoms with van der Waals surface area (Å²) in [7, 11) is 0. The summed E-state index contributed by atoms with van der Waals surface area (Å²) in [6.07, 6.45) is 1.60. The van der Waals surface area contributed by atoms with Gasteiger partial charge in [0.05, 0.1) is 23.5 Å². The molecule has 1 aromatic heterocycles. The molecule has 0 aliphatic heterocycles. The Bertz CT molecular complexity index is 442. The summed E-state index contributed by atoms with van der Waals surface area (Å²) in [6.45, 7) is 0.526. The zero-order chi connectivity index (χ0) is 10.7. The molecule has 0 fully saturated rings. The largest absolute Gasteiger partial charge is 0.467 e. The van der Waals surface area contributed by atoms with Crippen LogP contribution in [0.2, 0.25) is 5.02 Å². The molecule has 2 rings (SSSR count). The monoisotopic (exact) mass is 225 g/mol. The first kappa shape index (κ1) is 10.1. The first-order chi connectivity index (χ1) is 7.25. The summed E-state index contributed by atoms with van der Waals surface area (Å²) in [4.78, 5) is 0. The van der Waals surface area contributed by atoms with Crippen molar-refractivity contribution in [1.82, 2.24) is 0 Å². The van der Waals surface area contributed by atoms with Crippen LogP contribution in [0.5, 0.6) is 0 Å². The van der Waals surface area contributed by atoms with E-state index in [4.69, 9.17) is 16.0 Å². The molecule has 0 unspecified atom stereocenters. The first-order valence-corrected chi connectivity index (χ1v) is 4.85. The third kappa shape index (κ3) is 2.50. The molecule has 15 heavy (non-hydrogen) atoms. The molecule has 0 aliphatic rings. The van der Waals surface area contributed by atoms with Gasteiger partial charge in [0.15, 0.2) is 0 Å². The Kier molecular flexibility index (Phi) is 2.92. The Labute approximate surface area is 91.7 Å². The molecule has 2 aromatic rings. The molecule has 0 saturated carbocycles. The van der Waals surface area contributed by atoms with E-state index >= 15 is 0 Å². The molecule has 0 atom stereocenters. The summed E-state index contributed by atoms with van der Waals surface area (Å²) < 4.78 is 17.9. The molecule has 78 valence electrons. The fourth-order valence-electron chi connectivity index (χ4n) is 1.23. The highest BCUT2D eigenvalue weighted by atomic mass is 35.5. The van der Waals surface area contributed by atoms with Gasteiger partial charge in [0.2, 0.25) is 0 Å². The number of hydrogen-bond acceptors (Lipinski definition) is 2. The average Bonchev–Trinajstić information content (AvgIpc) is 2.69. The second-order valence-corrected chi connectivity index (χ2v) is 3.46. The predicted octanol–water partition coefficient (Wildman–Crippen LogP) is 3.68. The van der Waals surface area contributed by atoms with Gasteiger partial charge in [0.1, 0.15) is 11.6 Å². The highest BCUT2D eigenvalue weighted by Gasteiger charge is 2.02. The maximum absolute atomic E-state index is 12.7. The van der Waals surface area contributed by atoms with Crippen LogP contribution in [0.3, 0.4) is 0 Å². The van der Waals surface area contributed by atoms with E-state index in [1.54, 1.807) is 12.3 Å². The molecule has 0 aliphatic carbocycles. The third-order valence-electron chi connectivity index (χ3n) is 1.96. The lowest BCUT2D eigenvalue weighted by Crippen LogP contribution is -1.98. The first-order valence-electron chi connectivity index (χ1n) is 4.47. The number of rotatable bonds is 3. The van der Waals surface area contributed by atoms with Crippen LogP contribution in [0.1, 0.15) is 5.76 Å². The summed E-state index contributed by atoms with van der Waals surface area (Å²) in [5.41, 5.74) is 0.689. The molecule has 1 aromatic carbocycles. The number of hydrogen-bond donors (Lipinski definition) is 1. The lowest BCUT2D eigenvalue weighted by Gasteiger charge is -2.06. The van der Waals surface area contributed by atoms with Gasteiger partial charge in [-0.1, -0.05) is 11.6 Å². The lowest BCUT2D eigenvalue weighted by atomic mass is 10.3. The fraction of sp³-hybridized carbons (Fsp3) is 0.0909. The van der Waals surface area contributed by atoms with Crippen LogP contribution in [-0.2, 0) is 6.54 Å². The zero-order valence-electron chi connectivity index (χ0n) is 7.84. The van der Waals surface area contributed by atoms with Crippen LogP contribution >= 0.6 is 11.6 Å². The van der Waals surface area contributed by atoms with Crippen LogP contribution in [0.25, 0.3) is 0 Å². The molecule has 4 heteroatoms. The van der Waals surface area contributed by atoms with Crippen molar-refractivity contribution in [3.63, 3.8) is 0 Å². The van der Waals surface area contributed by atoms with Crippen LogP contribution in [0.4, 0.5) is 10.1 Å². The minimum atomic E-state index is -0.344. The summed E-state index contributed by atoms with van der Waals surface area (Å²) >= 11 is 5.84. The molecule has 1 N–H and O–H groups in total. The second kappa shape index (κ2) is 4.36. The van der Waals surface area contributed by atoms with Gasteiger partial charge in [-0.05, 0) is 30.3 Å². The number of halogens is 2. The van der Waals surface area contributed by atoms with Gasteiger partial charge in [0.25, 0.3) is 0 Å². The summed E-state index contributed by atoms with van der Waals surface area (Å²) in [5.74, 6) is 0.457. The second-order valence-electron chi connectivity index (χ2n) is 3.06. The Morgan fingerprint density at radius 3 is 2.87 bits per heavy atom. The molecule has 0 bridgehead atoms. The molecule has 0 radical (unpaired) electrons. The minimum Gasteiger partial charge on any atom is -0.467 e. The van der Waals surface area contributed by atoms with Crippen molar-refractivity contribution in [2.24, 2.45) is 0 Å². The van der Waals surface area contributed by atoms with Crippen LogP contribution in [0, 0.1) is 5.82 Å². The highest BCUT2D eigenvalue weighted by Crippen LogP contribution is 2.22. The van der Waals surface area contributed by atoms with Crippen LogP contribution in [0.15, 0.2) is 41.0 Å². The van der Waals surface area contributed by atoms with E-state index in [1.165, 1.54) is 12.1 Å². The lowest BCUT2D eigenvalue weighted by molar-refractivity contribution is 0.518. The predicted molar refractivity (Wildman–Crippen MR) is 57.4 cm³/mol. The smallest absolute Gasteiger partial charge is 0.124 e. The Balaban J connectivity index is 2.05. The molecular formula is C11H9ClFNO. The molecule has 1 heterocycles. The number of furan rings is 1. The number of anilines is 1. The minimum absolute atomic E-state index is 0.344. The van der Waals surface area contributed by atoms with E-state index in [-0.39, 0.29) is 5.82 Å². The molecule has 2 nitrogen and oxygen atoms in total. The maximum Gasteiger partial charge on any atom is 0.124 e. The fourth-order valence-corrected chi connectivity index (χ4v) is 1.46. The Hall–Kier alpha value is -1.48. The van der Waals surface area contributed by atoms with Gasteiger partial charge >= 0.3 is 0 Å². The van der Waals surface area contributed by atoms with E-state index in [0.29, 0.717) is 17.3 Å². The molecule has 0 spiro atoms. The van der Waals surface area contributed by atoms with Crippen molar-refractivity contribution >= 4 is 17.3 Å². The molecular weight excluding hydrogens is 217 g/mol. The van der Waals surface area contributed by atoms with Crippen molar-refractivity contribution in [3.8, 4) is 0 Å². The summed E-state index contributed by atoms with van der Waals surface area (Å²) in [5, 5.41) is 3.41. The standard InChI is InChI=1S/C11H9ClFNO/c12-10-6-8(13)3-4-11(10)14-7-9-2-1-5-15-9/h1-6,14H,7H2. The SMILES string of the molecule is Fc1ccc(NCc2ccco2)c(Cl)c1. The zero-order valence-corrected chi connectivity index (χ0v) is 8.59. The van der Waals surface area contributed by atoms with Crippen molar-refractivity contribution in [1.29, 1.82) is 0 Å². The number of benzene rings is 1. The Morgan fingerprint density at radius 2 is 2.20 bits per heavy atom. The van der Waals surface area contributed by atoms with Crippen molar-refractivity contribution in [3.05, 3.63) is 53.2 Å². The molecule has 0 saturated heterocycles.